The van der Waals surface area contributed by atoms with Crippen molar-refractivity contribution in [2.24, 2.45) is 0 Å². The van der Waals surface area contributed by atoms with Crippen LogP contribution in [0.25, 0.3) is 0 Å². The van der Waals surface area contributed by atoms with E-state index in [0.717, 1.165) is 5.56 Å². The van der Waals surface area contributed by atoms with E-state index in [4.69, 9.17) is 9.47 Å². The van der Waals surface area contributed by atoms with Gasteiger partial charge in [-0.1, -0.05) is 18.2 Å². The first kappa shape index (κ1) is 16.2. The highest BCUT2D eigenvalue weighted by Gasteiger charge is 2.31. The number of aromatic hydroxyl groups is 1. The average Bonchev–Trinajstić information content (AvgIpc) is 2.43. The lowest BCUT2D eigenvalue weighted by Gasteiger charge is -2.29. The minimum atomic E-state index is -0.887. The van der Waals surface area contributed by atoms with E-state index in [0.29, 0.717) is 11.1 Å². The van der Waals surface area contributed by atoms with Crippen LogP contribution in [0.1, 0.15) is 31.9 Å². The summed E-state index contributed by atoms with van der Waals surface area (Å²) in [5.74, 6) is -0.254. The van der Waals surface area contributed by atoms with Gasteiger partial charge in [0.15, 0.2) is 0 Å². The molecule has 1 aromatic carbocycles. The van der Waals surface area contributed by atoms with Crippen molar-refractivity contribution >= 4 is 5.97 Å². The van der Waals surface area contributed by atoms with Crippen molar-refractivity contribution in [3.8, 4) is 5.75 Å². The van der Waals surface area contributed by atoms with Crippen molar-refractivity contribution in [1.29, 1.82) is 0 Å². The molecular weight excluding hydrogens is 256 g/mol. The molecule has 1 N–H and O–H groups in total. The van der Waals surface area contributed by atoms with Crippen LogP contribution in [0.5, 0.6) is 5.75 Å². The van der Waals surface area contributed by atoms with E-state index in [-0.39, 0.29) is 18.3 Å². The number of rotatable bonds is 5. The topological polar surface area (TPSA) is 55.8 Å². The number of phenols is 1. The first-order chi connectivity index (χ1) is 9.34. The number of hydrogen-bond acceptors (Lipinski definition) is 4. The van der Waals surface area contributed by atoms with Gasteiger partial charge in [-0.25, -0.2) is 4.79 Å². The molecule has 0 aromatic heterocycles. The zero-order valence-corrected chi connectivity index (χ0v) is 12.7. The Morgan fingerprint density at radius 3 is 2.60 bits per heavy atom. The molecule has 0 saturated heterocycles. The summed E-state index contributed by atoms with van der Waals surface area (Å²) >= 11 is 0. The van der Waals surface area contributed by atoms with Gasteiger partial charge in [0, 0.05) is 18.2 Å². The predicted molar refractivity (Wildman–Crippen MR) is 77.6 cm³/mol. The summed E-state index contributed by atoms with van der Waals surface area (Å²) in [5, 5.41) is 10.0. The molecule has 0 amide bonds. The Balaban J connectivity index is 2.94. The Kier molecular flexibility index (Phi) is 5.34. The largest absolute Gasteiger partial charge is 0.508 e. The van der Waals surface area contributed by atoms with E-state index in [9.17, 15) is 9.90 Å². The van der Waals surface area contributed by atoms with Gasteiger partial charge in [0.05, 0.1) is 0 Å². The number of carbonyl (C=O) groups is 1. The Bertz CT molecular complexity index is 519. The maximum absolute atomic E-state index is 11.7. The molecule has 0 aliphatic rings. The molecule has 0 saturated carbocycles. The molecule has 0 radical (unpaired) electrons. The lowest BCUT2D eigenvalue weighted by molar-refractivity contribution is -0.148. The van der Waals surface area contributed by atoms with Gasteiger partial charge in [-0.05, 0) is 39.3 Å². The maximum atomic E-state index is 11.7. The van der Waals surface area contributed by atoms with Gasteiger partial charge in [0.1, 0.15) is 18.0 Å². The van der Waals surface area contributed by atoms with E-state index < -0.39 is 5.60 Å². The Labute approximate surface area is 120 Å². The number of allylic oxidation sites excluding steroid dienone is 1. The average molecular weight is 278 g/mol. The van der Waals surface area contributed by atoms with Crippen molar-refractivity contribution < 1.29 is 19.4 Å². The molecule has 0 spiro atoms. The summed E-state index contributed by atoms with van der Waals surface area (Å²) in [6, 6.07) is 5.32. The summed E-state index contributed by atoms with van der Waals surface area (Å²) in [5.41, 5.74) is 1.20. The molecule has 1 atom stereocenters. The predicted octanol–water partition coefficient (Wildman–Crippen LogP) is 3.07. The molecular formula is C16H22O4. The maximum Gasteiger partial charge on any atom is 0.333 e. The van der Waals surface area contributed by atoms with Crippen molar-refractivity contribution in [2.75, 3.05) is 13.7 Å². The second kappa shape index (κ2) is 6.57. The SMILES string of the molecule is CC=C(C)C(=O)OC[C@@](C)(OC)c1ccc(C)cc1O. The molecule has 1 aromatic rings. The highest BCUT2D eigenvalue weighted by molar-refractivity contribution is 5.87. The standard InChI is InChI=1S/C16H22O4/c1-6-12(3)15(18)20-10-16(4,19-5)13-8-7-11(2)9-14(13)17/h6-9,17H,10H2,1-5H3/t16-/m1/s1. The first-order valence-corrected chi connectivity index (χ1v) is 6.49. The van der Waals surface area contributed by atoms with Crippen LogP contribution in [0.15, 0.2) is 29.8 Å². The lowest BCUT2D eigenvalue weighted by atomic mass is 9.94. The summed E-state index contributed by atoms with van der Waals surface area (Å²) in [6.07, 6.45) is 1.69. The Hall–Kier alpha value is -1.81. The van der Waals surface area contributed by atoms with E-state index in [1.807, 2.05) is 13.0 Å². The zero-order chi connectivity index (χ0) is 15.3. The second-order valence-corrected chi connectivity index (χ2v) is 5.00. The zero-order valence-electron chi connectivity index (χ0n) is 12.7. The van der Waals surface area contributed by atoms with Gasteiger partial charge in [-0.3, -0.25) is 0 Å². The van der Waals surface area contributed by atoms with Crippen LogP contribution in [0.2, 0.25) is 0 Å². The van der Waals surface area contributed by atoms with Crippen molar-refractivity contribution in [3.05, 3.63) is 41.0 Å². The third kappa shape index (κ3) is 3.61. The minimum absolute atomic E-state index is 0.0319. The van der Waals surface area contributed by atoms with Crippen LogP contribution in [-0.2, 0) is 19.9 Å². The third-order valence-corrected chi connectivity index (χ3v) is 3.41. The number of benzene rings is 1. The van der Waals surface area contributed by atoms with Crippen LogP contribution < -0.4 is 0 Å². The van der Waals surface area contributed by atoms with Crippen LogP contribution >= 0.6 is 0 Å². The summed E-state index contributed by atoms with van der Waals surface area (Å²) < 4.78 is 10.7. The van der Waals surface area contributed by atoms with Crippen LogP contribution in [0.4, 0.5) is 0 Å². The number of methoxy groups -OCH3 is 1. The summed E-state index contributed by atoms with van der Waals surface area (Å²) in [6.45, 7) is 7.16. The minimum Gasteiger partial charge on any atom is -0.508 e. The molecule has 0 fully saturated rings. The summed E-state index contributed by atoms with van der Waals surface area (Å²) in [7, 11) is 1.52. The fourth-order valence-corrected chi connectivity index (χ4v) is 1.77. The number of ether oxygens (including phenoxy) is 2. The first-order valence-electron chi connectivity index (χ1n) is 6.49. The van der Waals surface area contributed by atoms with Crippen molar-refractivity contribution in [2.45, 2.75) is 33.3 Å². The smallest absolute Gasteiger partial charge is 0.333 e. The van der Waals surface area contributed by atoms with Crippen LogP contribution in [0.3, 0.4) is 0 Å². The summed E-state index contributed by atoms with van der Waals surface area (Å²) in [4.78, 5) is 11.7. The monoisotopic (exact) mass is 278 g/mol. The van der Waals surface area contributed by atoms with Gasteiger partial charge in [-0.15, -0.1) is 0 Å². The number of esters is 1. The molecule has 0 aliphatic heterocycles. The molecule has 0 aliphatic carbocycles. The lowest BCUT2D eigenvalue weighted by Crippen LogP contribution is -2.32. The number of phenolic OH excluding ortho intramolecular Hbond substituents is 1. The van der Waals surface area contributed by atoms with Crippen molar-refractivity contribution in [3.63, 3.8) is 0 Å². The van der Waals surface area contributed by atoms with Crippen LogP contribution in [-0.4, -0.2) is 24.8 Å². The molecule has 110 valence electrons. The van der Waals surface area contributed by atoms with E-state index in [1.54, 1.807) is 39.0 Å². The van der Waals surface area contributed by atoms with E-state index >= 15 is 0 Å². The van der Waals surface area contributed by atoms with Gasteiger partial charge in [-0.2, -0.15) is 0 Å². The number of carbonyl (C=O) groups excluding carboxylic acids is 1. The van der Waals surface area contributed by atoms with Gasteiger partial charge in [0.2, 0.25) is 0 Å². The van der Waals surface area contributed by atoms with Crippen LogP contribution in [0, 0.1) is 6.92 Å². The van der Waals surface area contributed by atoms with Crippen molar-refractivity contribution in [1.82, 2.24) is 0 Å². The molecule has 1 rings (SSSR count). The highest BCUT2D eigenvalue weighted by Crippen LogP contribution is 2.33. The second-order valence-electron chi connectivity index (χ2n) is 5.00. The molecule has 0 bridgehead atoms. The molecule has 4 nitrogen and oxygen atoms in total. The highest BCUT2D eigenvalue weighted by atomic mass is 16.6. The third-order valence-electron chi connectivity index (χ3n) is 3.41. The quantitative estimate of drug-likeness (QED) is 0.664. The van der Waals surface area contributed by atoms with Gasteiger partial charge >= 0.3 is 5.97 Å². The number of hydrogen-bond donors (Lipinski definition) is 1. The Morgan fingerprint density at radius 1 is 1.45 bits per heavy atom. The molecule has 4 heteroatoms. The fraction of sp³-hybridized carbons (Fsp3) is 0.438. The Morgan fingerprint density at radius 2 is 2.10 bits per heavy atom. The van der Waals surface area contributed by atoms with Gasteiger partial charge in [0.25, 0.3) is 0 Å². The molecule has 20 heavy (non-hydrogen) atoms. The normalized spacial score (nSPS) is 14.8. The number of aryl methyl sites for hydroxylation is 1. The van der Waals surface area contributed by atoms with Gasteiger partial charge < -0.3 is 14.6 Å². The molecule has 0 heterocycles. The van der Waals surface area contributed by atoms with E-state index in [1.165, 1.54) is 7.11 Å². The fourth-order valence-electron chi connectivity index (χ4n) is 1.77. The molecule has 0 unspecified atom stereocenters. The van der Waals surface area contributed by atoms with E-state index in [2.05, 4.69) is 0 Å².